The van der Waals surface area contributed by atoms with Gasteiger partial charge in [0.15, 0.2) is 17.0 Å². The molecular formula is C50H34N4O2. The lowest BCUT2D eigenvalue weighted by atomic mass is 10.0. The SMILES string of the molecule is N/C(=C\C(=NCc1ccc2c(c1)oc1c2ccc2c3ccc(-c4nc(-c5ccccc5)cc(-c5ccccc5)n4)cc3oc21)c1ccccc1)c1ccccc1. The third-order valence-electron chi connectivity index (χ3n) is 10.2. The molecule has 0 fully saturated rings. The van der Waals surface area contributed by atoms with Gasteiger partial charge in [-0.3, -0.25) is 4.99 Å². The van der Waals surface area contributed by atoms with Gasteiger partial charge in [-0.05, 0) is 59.2 Å². The number of aromatic nitrogens is 2. The van der Waals surface area contributed by atoms with Gasteiger partial charge in [-0.25, -0.2) is 9.97 Å². The molecule has 0 aliphatic rings. The molecule has 0 bridgehead atoms. The van der Waals surface area contributed by atoms with Gasteiger partial charge >= 0.3 is 0 Å². The van der Waals surface area contributed by atoms with E-state index in [9.17, 15) is 0 Å². The summed E-state index contributed by atoms with van der Waals surface area (Å²) in [5, 5.41) is 4.01. The average Bonchev–Trinajstić information content (AvgIpc) is 3.84. The molecular weight excluding hydrogens is 689 g/mol. The molecule has 0 aliphatic carbocycles. The van der Waals surface area contributed by atoms with Crippen LogP contribution in [0.4, 0.5) is 0 Å². The average molecular weight is 723 g/mol. The van der Waals surface area contributed by atoms with Crippen molar-refractivity contribution in [3.05, 3.63) is 199 Å². The first kappa shape index (κ1) is 33.0. The quantitative estimate of drug-likeness (QED) is 0.158. The van der Waals surface area contributed by atoms with Crippen LogP contribution in [0.2, 0.25) is 0 Å². The number of hydrogen-bond donors (Lipinski definition) is 1. The highest BCUT2D eigenvalue weighted by atomic mass is 16.4. The number of benzene rings is 7. The molecule has 0 spiro atoms. The van der Waals surface area contributed by atoms with Crippen LogP contribution < -0.4 is 5.73 Å². The van der Waals surface area contributed by atoms with Crippen LogP contribution in [0.3, 0.4) is 0 Å². The second-order valence-electron chi connectivity index (χ2n) is 13.8. The Labute approximate surface area is 322 Å². The van der Waals surface area contributed by atoms with E-state index in [0.717, 1.165) is 83.2 Å². The monoisotopic (exact) mass is 722 g/mol. The van der Waals surface area contributed by atoms with Crippen LogP contribution in [0.25, 0.3) is 83.5 Å². The molecule has 0 radical (unpaired) electrons. The molecule has 3 heterocycles. The molecule has 56 heavy (non-hydrogen) atoms. The Morgan fingerprint density at radius 3 is 1.59 bits per heavy atom. The van der Waals surface area contributed by atoms with E-state index in [4.69, 9.17) is 29.5 Å². The van der Waals surface area contributed by atoms with Gasteiger partial charge in [0, 0.05) is 43.9 Å². The van der Waals surface area contributed by atoms with Crippen LogP contribution in [0.1, 0.15) is 16.7 Å². The van der Waals surface area contributed by atoms with Crippen LogP contribution in [-0.2, 0) is 6.54 Å². The number of aliphatic imine (C=N–C) groups is 1. The first-order chi connectivity index (χ1) is 27.6. The van der Waals surface area contributed by atoms with Gasteiger partial charge in [-0.1, -0.05) is 140 Å². The Morgan fingerprint density at radius 1 is 0.500 bits per heavy atom. The van der Waals surface area contributed by atoms with Gasteiger partial charge < -0.3 is 14.6 Å². The minimum absolute atomic E-state index is 0.456. The molecule has 0 amide bonds. The van der Waals surface area contributed by atoms with Crippen molar-refractivity contribution >= 4 is 55.3 Å². The topological polar surface area (TPSA) is 90.4 Å². The van der Waals surface area contributed by atoms with Crippen molar-refractivity contribution in [3.8, 4) is 33.9 Å². The zero-order chi connectivity index (χ0) is 37.4. The smallest absolute Gasteiger partial charge is 0.178 e. The van der Waals surface area contributed by atoms with Crippen LogP contribution in [0.15, 0.2) is 196 Å². The van der Waals surface area contributed by atoms with Crippen LogP contribution in [0, 0.1) is 0 Å². The summed E-state index contributed by atoms with van der Waals surface area (Å²) < 4.78 is 13.2. The fourth-order valence-corrected chi connectivity index (χ4v) is 7.31. The first-order valence-electron chi connectivity index (χ1n) is 18.6. The maximum absolute atomic E-state index is 6.63. The van der Waals surface area contributed by atoms with E-state index in [1.54, 1.807) is 0 Å². The number of fused-ring (bicyclic) bond motifs is 7. The third-order valence-corrected chi connectivity index (χ3v) is 10.2. The standard InChI is InChI=1S/C50H34N4O2/c51-42(33-13-5-1-6-14-33)29-43(34-15-7-2-8-16-34)52-31-32-21-23-38-40-25-26-41-39-24-22-37(28-47(39)56-49(41)48(40)55-46(38)27-32)50-53-44(35-17-9-3-10-18-35)30-45(54-50)36-19-11-4-12-20-36/h1-30H,31,51H2/b42-29-,52-43?. The molecule has 6 heteroatoms. The summed E-state index contributed by atoms with van der Waals surface area (Å²) in [6.07, 6.45) is 1.95. The predicted molar refractivity (Wildman–Crippen MR) is 228 cm³/mol. The predicted octanol–water partition coefficient (Wildman–Crippen LogP) is 12.3. The number of nitrogens with two attached hydrogens (primary N) is 1. The van der Waals surface area contributed by atoms with Crippen molar-refractivity contribution in [2.24, 2.45) is 10.7 Å². The molecule has 6 nitrogen and oxygen atoms in total. The normalized spacial score (nSPS) is 12.3. The number of nitrogens with zero attached hydrogens (tertiary/aromatic N) is 3. The van der Waals surface area contributed by atoms with E-state index in [1.165, 1.54) is 0 Å². The lowest BCUT2D eigenvalue weighted by Gasteiger charge is -2.09. The zero-order valence-electron chi connectivity index (χ0n) is 30.3. The van der Waals surface area contributed by atoms with E-state index in [1.807, 2.05) is 103 Å². The van der Waals surface area contributed by atoms with E-state index >= 15 is 0 Å². The van der Waals surface area contributed by atoms with Crippen molar-refractivity contribution in [1.82, 2.24) is 9.97 Å². The number of hydrogen-bond acceptors (Lipinski definition) is 6. The van der Waals surface area contributed by atoms with Gasteiger partial charge in [-0.15, -0.1) is 0 Å². The number of allylic oxidation sites excluding steroid dienone is 1. The van der Waals surface area contributed by atoms with Gasteiger partial charge in [0.2, 0.25) is 0 Å². The van der Waals surface area contributed by atoms with E-state index in [-0.39, 0.29) is 0 Å². The van der Waals surface area contributed by atoms with Crippen molar-refractivity contribution in [2.75, 3.05) is 0 Å². The highest BCUT2D eigenvalue weighted by molar-refractivity contribution is 6.19. The Morgan fingerprint density at radius 2 is 1.00 bits per heavy atom. The zero-order valence-corrected chi connectivity index (χ0v) is 30.3. The highest BCUT2D eigenvalue weighted by Gasteiger charge is 2.18. The van der Waals surface area contributed by atoms with Crippen LogP contribution >= 0.6 is 0 Å². The van der Waals surface area contributed by atoms with E-state index < -0.39 is 0 Å². The lowest BCUT2D eigenvalue weighted by Crippen LogP contribution is -2.04. The molecule has 7 aromatic carbocycles. The minimum atomic E-state index is 0.456. The fourth-order valence-electron chi connectivity index (χ4n) is 7.31. The number of rotatable bonds is 8. The highest BCUT2D eigenvalue weighted by Crippen LogP contribution is 2.40. The Hall–Kier alpha value is -7.57. The molecule has 10 rings (SSSR count). The molecule has 0 saturated carbocycles. The summed E-state index contributed by atoms with van der Waals surface area (Å²) in [6.45, 7) is 0.456. The lowest BCUT2D eigenvalue weighted by molar-refractivity contribution is 0.633. The molecule has 0 unspecified atom stereocenters. The summed E-state index contributed by atoms with van der Waals surface area (Å²) in [4.78, 5) is 15.1. The first-order valence-corrected chi connectivity index (χ1v) is 18.6. The van der Waals surface area contributed by atoms with Gasteiger partial charge in [0.05, 0.1) is 23.6 Å². The number of furan rings is 2. The van der Waals surface area contributed by atoms with Crippen molar-refractivity contribution in [2.45, 2.75) is 6.54 Å². The third kappa shape index (κ3) is 6.19. The van der Waals surface area contributed by atoms with Crippen molar-refractivity contribution in [1.29, 1.82) is 0 Å². The van der Waals surface area contributed by atoms with Gasteiger partial charge in [0.1, 0.15) is 11.2 Å². The van der Waals surface area contributed by atoms with E-state index in [2.05, 4.69) is 78.9 Å². The Bertz CT molecular complexity index is 3040. The van der Waals surface area contributed by atoms with Gasteiger partial charge in [0.25, 0.3) is 0 Å². The Kier molecular flexibility index (Phi) is 8.26. The minimum Gasteiger partial charge on any atom is -0.452 e. The maximum Gasteiger partial charge on any atom is 0.178 e. The second kappa shape index (κ2) is 14.0. The largest absolute Gasteiger partial charge is 0.452 e. The summed E-state index contributed by atoms with van der Waals surface area (Å²) in [7, 11) is 0. The summed E-state index contributed by atoms with van der Waals surface area (Å²) in [6, 6.07) is 59.2. The summed E-state index contributed by atoms with van der Waals surface area (Å²) in [5.41, 5.74) is 18.6. The second-order valence-corrected chi connectivity index (χ2v) is 13.8. The molecule has 0 aliphatic heterocycles. The molecule has 0 saturated heterocycles. The molecule has 266 valence electrons. The molecule has 2 N–H and O–H groups in total. The van der Waals surface area contributed by atoms with Crippen molar-refractivity contribution in [3.63, 3.8) is 0 Å². The molecule has 0 atom stereocenters. The van der Waals surface area contributed by atoms with Crippen LogP contribution in [0.5, 0.6) is 0 Å². The Balaban J connectivity index is 1.02. The fraction of sp³-hybridized carbons (Fsp3) is 0.0200. The maximum atomic E-state index is 6.63. The summed E-state index contributed by atoms with van der Waals surface area (Å²) in [5.74, 6) is 0.630. The summed E-state index contributed by atoms with van der Waals surface area (Å²) >= 11 is 0. The van der Waals surface area contributed by atoms with E-state index in [0.29, 0.717) is 29.2 Å². The molecule has 3 aromatic heterocycles. The van der Waals surface area contributed by atoms with Crippen molar-refractivity contribution < 1.29 is 8.83 Å². The van der Waals surface area contributed by atoms with Gasteiger partial charge in [-0.2, -0.15) is 0 Å². The molecule has 10 aromatic rings. The van der Waals surface area contributed by atoms with Crippen LogP contribution in [-0.4, -0.2) is 15.7 Å².